The highest BCUT2D eigenvalue weighted by Crippen LogP contribution is 2.26. The summed E-state index contributed by atoms with van der Waals surface area (Å²) in [5.74, 6) is 1.49. The minimum Gasteiger partial charge on any atom is -0.361 e. The highest BCUT2D eigenvalue weighted by Gasteiger charge is 2.17. The second-order valence-electron chi connectivity index (χ2n) is 3.43. The van der Waals surface area contributed by atoms with Gasteiger partial charge in [-0.15, -0.1) is 5.10 Å². The van der Waals surface area contributed by atoms with Gasteiger partial charge in [0.1, 0.15) is 10.6 Å². The molecule has 7 nitrogen and oxygen atoms in total. The van der Waals surface area contributed by atoms with Gasteiger partial charge in [-0.05, 0) is 25.4 Å². The van der Waals surface area contributed by atoms with Gasteiger partial charge in [0.15, 0.2) is 5.69 Å². The summed E-state index contributed by atoms with van der Waals surface area (Å²) < 4.78 is 13.9. The van der Waals surface area contributed by atoms with Crippen LogP contribution in [-0.2, 0) is 0 Å². The second-order valence-corrected chi connectivity index (χ2v) is 4.19. The van der Waals surface area contributed by atoms with Crippen LogP contribution < -0.4 is 0 Å². The lowest BCUT2D eigenvalue weighted by molar-refractivity contribution is 0.397. The third kappa shape index (κ3) is 1.72. The van der Waals surface area contributed by atoms with Crippen LogP contribution in [0.5, 0.6) is 0 Å². The second kappa shape index (κ2) is 3.74. The zero-order valence-corrected chi connectivity index (χ0v) is 9.85. The van der Waals surface area contributed by atoms with Crippen molar-refractivity contribution in [1.29, 1.82) is 0 Å². The van der Waals surface area contributed by atoms with Gasteiger partial charge in [-0.25, -0.2) is 0 Å². The van der Waals surface area contributed by atoms with Crippen molar-refractivity contribution in [3.8, 4) is 22.3 Å². The van der Waals surface area contributed by atoms with Gasteiger partial charge in [0.2, 0.25) is 5.82 Å². The fourth-order valence-corrected chi connectivity index (χ4v) is 1.90. The normalized spacial score (nSPS) is 10.9. The molecule has 0 N–H and O–H groups in total. The molecule has 3 heterocycles. The van der Waals surface area contributed by atoms with Crippen molar-refractivity contribution in [2.45, 2.75) is 13.8 Å². The molecule has 0 spiro atoms. The summed E-state index contributed by atoms with van der Waals surface area (Å²) in [6.45, 7) is 3.64. The van der Waals surface area contributed by atoms with Gasteiger partial charge >= 0.3 is 0 Å². The van der Waals surface area contributed by atoms with E-state index in [1.807, 2.05) is 6.92 Å². The third-order valence-corrected chi connectivity index (χ3v) is 2.94. The Morgan fingerprint density at radius 3 is 2.71 bits per heavy atom. The van der Waals surface area contributed by atoms with Crippen LogP contribution >= 0.6 is 11.5 Å². The molecule has 0 aliphatic carbocycles. The van der Waals surface area contributed by atoms with Crippen LogP contribution in [0.25, 0.3) is 22.3 Å². The lowest BCUT2D eigenvalue weighted by atomic mass is 10.3. The minimum atomic E-state index is 0.393. The molecule has 86 valence electrons. The molecule has 0 fully saturated rings. The Morgan fingerprint density at radius 2 is 2.06 bits per heavy atom. The predicted octanol–water partition coefficient (Wildman–Crippen LogP) is 1.86. The topological polar surface area (TPSA) is 90.7 Å². The first kappa shape index (κ1) is 10.1. The molecule has 3 aromatic rings. The Kier molecular flexibility index (Phi) is 2.22. The predicted molar refractivity (Wildman–Crippen MR) is 58.2 cm³/mol. The van der Waals surface area contributed by atoms with E-state index >= 15 is 0 Å². The molecule has 0 aliphatic heterocycles. The van der Waals surface area contributed by atoms with Gasteiger partial charge in [0, 0.05) is 6.07 Å². The van der Waals surface area contributed by atoms with Crippen molar-refractivity contribution in [3.63, 3.8) is 0 Å². The fourth-order valence-electron chi connectivity index (χ4n) is 1.32. The zero-order chi connectivity index (χ0) is 11.8. The molecule has 0 amide bonds. The van der Waals surface area contributed by atoms with Crippen molar-refractivity contribution >= 4 is 11.5 Å². The van der Waals surface area contributed by atoms with Gasteiger partial charge in [-0.2, -0.15) is 4.98 Å². The first-order valence-electron chi connectivity index (χ1n) is 4.81. The SMILES string of the molecule is Cc1cc(-c2noc(-c3snnc3C)n2)no1. The van der Waals surface area contributed by atoms with E-state index in [0.717, 1.165) is 10.6 Å². The number of aryl methyl sites for hydroxylation is 2. The van der Waals surface area contributed by atoms with Crippen molar-refractivity contribution in [3.05, 3.63) is 17.5 Å². The van der Waals surface area contributed by atoms with Gasteiger partial charge in [0.05, 0.1) is 5.69 Å². The summed E-state index contributed by atoms with van der Waals surface area (Å²) in [5.41, 5.74) is 1.31. The van der Waals surface area contributed by atoms with Gasteiger partial charge < -0.3 is 9.05 Å². The molecular formula is C9H7N5O2S. The molecule has 17 heavy (non-hydrogen) atoms. The number of hydrogen-bond donors (Lipinski definition) is 0. The monoisotopic (exact) mass is 249 g/mol. The van der Waals surface area contributed by atoms with E-state index in [1.165, 1.54) is 11.5 Å². The lowest BCUT2D eigenvalue weighted by Crippen LogP contribution is -1.80. The first-order chi connectivity index (χ1) is 8.24. The summed E-state index contributed by atoms with van der Waals surface area (Å²) in [6, 6.07) is 1.74. The van der Waals surface area contributed by atoms with E-state index in [4.69, 9.17) is 9.05 Å². The van der Waals surface area contributed by atoms with Crippen molar-refractivity contribution in [2.24, 2.45) is 0 Å². The molecule has 0 aromatic carbocycles. The smallest absolute Gasteiger partial charge is 0.271 e. The van der Waals surface area contributed by atoms with Crippen LogP contribution in [0, 0.1) is 13.8 Å². The summed E-state index contributed by atoms with van der Waals surface area (Å²) >= 11 is 1.22. The highest BCUT2D eigenvalue weighted by atomic mass is 32.1. The van der Waals surface area contributed by atoms with Crippen LogP contribution in [0.3, 0.4) is 0 Å². The van der Waals surface area contributed by atoms with Crippen LogP contribution in [0.4, 0.5) is 0 Å². The third-order valence-electron chi connectivity index (χ3n) is 2.13. The number of aromatic nitrogens is 5. The lowest BCUT2D eigenvalue weighted by Gasteiger charge is -1.84. The summed E-state index contributed by atoms with van der Waals surface area (Å²) in [4.78, 5) is 4.99. The average Bonchev–Trinajstić information content (AvgIpc) is 2.97. The molecular weight excluding hydrogens is 242 g/mol. The van der Waals surface area contributed by atoms with Gasteiger partial charge in [-0.1, -0.05) is 14.8 Å². The maximum Gasteiger partial charge on any atom is 0.271 e. The molecule has 0 saturated carbocycles. The van der Waals surface area contributed by atoms with Gasteiger partial charge in [-0.3, -0.25) is 0 Å². The molecule has 0 bridgehead atoms. The number of rotatable bonds is 2. The molecule has 0 saturated heterocycles. The van der Waals surface area contributed by atoms with Crippen LogP contribution in [0.15, 0.2) is 15.1 Å². The first-order valence-corrected chi connectivity index (χ1v) is 5.58. The number of nitrogens with zero attached hydrogens (tertiary/aromatic N) is 5. The maximum atomic E-state index is 5.14. The van der Waals surface area contributed by atoms with E-state index in [2.05, 4.69) is 24.9 Å². The minimum absolute atomic E-state index is 0.393. The van der Waals surface area contributed by atoms with E-state index < -0.39 is 0 Å². The van der Waals surface area contributed by atoms with Crippen LogP contribution in [0.2, 0.25) is 0 Å². The Balaban J connectivity index is 2.01. The Bertz CT molecular complexity index is 656. The molecule has 0 aliphatic rings. The summed E-state index contributed by atoms with van der Waals surface area (Å²) in [6.07, 6.45) is 0. The van der Waals surface area contributed by atoms with E-state index in [0.29, 0.717) is 23.2 Å². The summed E-state index contributed by atoms with van der Waals surface area (Å²) in [5, 5.41) is 11.5. The average molecular weight is 249 g/mol. The molecule has 0 radical (unpaired) electrons. The molecule has 3 aromatic heterocycles. The van der Waals surface area contributed by atoms with E-state index in [9.17, 15) is 0 Å². The number of hydrogen-bond acceptors (Lipinski definition) is 8. The highest BCUT2D eigenvalue weighted by molar-refractivity contribution is 7.09. The van der Waals surface area contributed by atoms with Crippen molar-refractivity contribution < 1.29 is 9.05 Å². The van der Waals surface area contributed by atoms with Crippen LogP contribution in [0.1, 0.15) is 11.5 Å². The molecule has 0 unspecified atom stereocenters. The quantitative estimate of drug-likeness (QED) is 0.684. The molecule has 3 rings (SSSR count). The molecule has 0 atom stereocenters. The maximum absolute atomic E-state index is 5.14. The van der Waals surface area contributed by atoms with Crippen LogP contribution in [-0.4, -0.2) is 24.9 Å². The van der Waals surface area contributed by atoms with Crippen molar-refractivity contribution in [1.82, 2.24) is 24.9 Å². The van der Waals surface area contributed by atoms with Gasteiger partial charge in [0.25, 0.3) is 5.89 Å². The standard InChI is InChI=1S/C9H7N5O2S/c1-4-3-6(12-15-4)8-10-9(16-13-8)7-5(2)11-14-17-7/h3H,1-2H3. The Labute approximate surface area is 99.6 Å². The van der Waals surface area contributed by atoms with E-state index in [1.54, 1.807) is 13.0 Å². The van der Waals surface area contributed by atoms with E-state index in [-0.39, 0.29) is 0 Å². The largest absolute Gasteiger partial charge is 0.361 e. The summed E-state index contributed by atoms with van der Waals surface area (Å²) in [7, 11) is 0. The Hall–Kier alpha value is -2.09. The van der Waals surface area contributed by atoms with Crippen molar-refractivity contribution in [2.75, 3.05) is 0 Å². The fraction of sp³-hybridized carbons (Fsp3) is 0.222. The zero-order valence-electron chi connectivity index (χ0n) is 9.04. The molecule has 8 heteroatoms. The Morgan fingerprint density at radius 1 is 1.18 bits per heavy atom.